The summed E-state index contributed by atoms with van der Waals surface area (Å²) in [6.07, 6.45) is 0. The van der Waals surface area contributed by atoms with Gasteiger partial charge in [-0.15, -0.1) is 0 Å². The van der Waals surface area contributed by atoms with Gasteiger partial charge in [0.25, 0.3) is 0 Å². The molecule has 2 N–H and O–H groups in total. The van der Waals surface area contributed by atoms with E-state index in [-0.39, 0.29) is 18.4 Å². The van der Waals surface area contributed by atoms with E-state index in [1.165, 1.54) is 0 Å². The highest BCUT2D eigenvalue weighted by Gasteiger charge is 2.15. The lowest BCUT2D eigenvalue weighted by atomic mass is 10.2. The van der Waals surface area contributed by atoms with Gasteiger partial charge in [0.1, 0.15) is 0 Å². The molecule has 110 valence electrons. The molecule has 1 atom stereocenters. The van der Waals surface area contributed by atoms with E-state index in [9.17, 15) is 9.59 Å². The molecule has 0 aromatic heterocycles. The zero-order chi connectivity index (χ0) is 15.0. The Kier molecular flexibility index (Phi) is 6.73. The average Bonchev–Trinajstić information content (AvgIpc) is 2.47. The van der Waals surface area contributed by atoms with E-state index < -0.39 is 6.04 Å². The van der Waals surface area contributed by atoms with Crippen molar-refractivity contribution in [3.05, 3.63) is 30.3 Å². The molecule has 1 unspecified atom stereocenters. The minimum absolute atomic E-state index is 0.00867. The van der Waals surface area contributed by atoms with Crippen molar-refractivity contribution in [3.63, 3.8) is 0 Å². The molecule has 0 fully saturated rings. The predicted octanol–water partition coefficient (Wildman–Crippen LogP) is 1.47. The SMILES string of the molecule is CCN(CC)C(=O)CNC(C)C(=O)Nc1ccccc1. The molecule has 0 radical (unpaired) electrons. The molecule has 0 saturated heterocycles. The quantitative estimate of drug-likeness (QED) is 0.793. The third kappa shape index (κ3) is 5.01. The van der Waals surface area contributed by atoms with E-state index in [0.717, 1.165) is 5.69 Å². The van der Waals surface area contributed by atoms with Crippen LogP contribution in [0.3, 0.4) is 0 Å². The molecule has 5 heteroatoms. The molecular formula is C15H23N3O2. The average molecular weight is 277 g/mol. The fourth-order valence-corrected chi connectivity index (χ4v) is 1.79. The number of anilines is 1. The Morgan fingerprint density at radius 3 is 2.30 bits per heavy atom. The summed E-state index contributed by atoms with van der Waals surface area (Å²) >= 11 is 0. The van der Waals surface area contributed by atoms with Crippen molar-refractivity contribution in [2.24, 2.45) is 0 Å². The Balaban J connectivity index is 2.40. The van der Waals surface area contributed by atoms with Crippen molar-refractivity contribution < 1.29 is 9.59 Å². The first-order chi connectivity index (χ1) is 9.58. The van der Waals surface area contributed by atoms with Gasteiger partial charge in [0, 0.05) is 18.8 Å². The molecule has 0 aliphatic carbocycles. The lowest BCUT2D eigenvalue weighted by Gasteiger charge is -2.20. The Morgan fingerprint density at radius 1 is 1.15 bits per heavy atom. The Labute approximate surface area is 120 Å². The first kappa shape index (κ1) is 16.2. The summed E-state index contributed by atoms with van der Waals surface area (Å²) < 4.78 is 0. The van der Waals surface area contributed by atoms with Crippen LogP contribution in [-0.2, 0) is 9.59 Å². The zero-order valence-electron chi connectivity index (χ0n) is 12.3. The summed E-state index contributed by atoms with van der Waals surface area (Å²) in [4.78, 5) is 25.5. The fourth-order valence-electron chi connectivity index (χ4n) is 1.79. The standard InChI is InChI=1S/C15H23N3O2/c1-4-18(5-2)14(19)11-16-12(3)15(20)17-13-9-7-6-8-10-13/h6-10,12,16H,4-5,11H2,1-3H3,(H,17,20). The van der Waals surface area contributed by atoms with Gasteiger partial charge >= 0.3 is 0 Å². The summed E-state index contributed by atoms with van der Waals surface area (Å²) in [5.74, 6) is -0.141. The van der Waals surface area contributed by atoms with E-state index in [1.54, 1.807) is 11.8 Å². The largest absolute Gasteiger partial charge is 0.342 e. The van der Waals surface area contributed by atoms with Crippen molar-refractivity contribution in [2.75, 3.05) is 25.0 Å². The van der Waals surface area contributed by atoms with E-state index in [0.29, 0.717) is 13.1 Å². The normalized spacial score (nSPS) is 11.8. The van der Waals surface area contributed by atoms with Gasteiger partial charge in [-0.05, 0) is 32.9 Å². The van der Waals surface area contributed by atoms with Crippen LogP contribution in [0.25, 0.3) is 0 Å². The van der Waals surface area contributed by atoms with Crippen LogP contribution in [0, 0.1) is 0 Å². The molecular weight excluding hydrogens is 254 g/mol. The predicted molar refractivity (Wildman–Crippen MR) is 80.5 cm³/mol. The first-order valence-electron chi connectivity index (χ1n) is 6.95. The second kappa shape index (κ2) is 8.32. The number of nitrogens with zero attached hydrogens (tertiary/aromatic N) is 1. The molecule has 1 aromatic carbocycles. The van der Waals surface area contributed by atoms with Crippen molar-refractivity contribution in [2.45, 2.75) is 26.8 Å². The van der Waals surface area contributed by atoms with Crippen LogP contribution in [0.1, 0.15) is 20.8 Å². The molecule has 0 bridgehead atoms. The van der Waals surface area contributed by atoms with Gasteiger partial charge in [-0.3, -0.25) is 14.9 Å². The molecule has 0 aliphatic rings. The molecule has 5 nitrogen and oxygen atoms in total. The highest BCUT2D eigenvalue weighted by molar-refractivity contribution is 5.94. The number of carbonyl (C=O) groups excluding carboxylic acids is 2. The molecule has 0 aliphatic heterocycles. The van der Waals surface area contributed by atoms with Crippen LogP contribution in [-0.4, -0.2) is 42.4 Å². The van der Waals surface area contributed by atoms with Crippen LogP contribution >= 0.6 is 0 Å². The van der Waals surface area contributed by atoms with Crippen molar-refractivity contribution in [3.8, 4) is 0 Å². The number of carbonyl (C=O) groups is 2. The monoisotopic (exact) mass is 277 g/mol. The molecule has 1 rings (SSSR count). The highest BCUT2D eigenvalue weighted by Crippen LogP contribution is 2.05. The second-order valence-electron chi connectivity index (χ2n) is 4.52. The van der Waals surface area contributed by atoms with Crippen LogP contribution in [0.4, 0.5) is 5.69 Å². The van der Waals surface area contributed by atoms with Gasteiger partial charge in [-0.2, -0.15) is 0 Å². The van der Waals surface area contributed by atoms with Gasteiger partial charge < -0.3 is 10.2 Å². The smallest absolute Gasteiger partial charge is 0.241 e. The summed E-state index contributed by atoms with van der Waals surface area (Å²) in [7, 11) is 0. The van der Waals surface area contributed by atoms with Gasteiger partial charge in [0.05, 0.1) is 12.6 Å². The summed E-state index contributed by atoms with van der Waals surface area (Å²) in [5, 5.41) is 5.74. The summed E-state index contributed by atoms with van der Waals surface area (Å²) in [5.41, 5.74) is 0.751. The molecule has 0 heterocycles. The maximum Gasteiger partial charge on any atom is 0.241 e. The number of para-hydroxylation sites is 1. The van der Waals surface area contributed by atoms with Gasteiger partial charge in [-0.1, -0.05) is 18.2 Å². The number of amides is 2. The van der Waals surface area contributed by atoms with Crippen molar-refractivity contribution >= 4 is 17.5 Å². The number of rotatable bonds is 7. The Morgan fingerprint density at radius 2 is 1.75 bits per heavy atom. The topological polar surface area (TPSA) is 61.4 Å². The van der Waals surface area contributed by atoms with Gasteiger partial charge in [-0.25, -0.2) is 0 Å². The Hall–Kier alpha value is -1.88. The van der Waals surface area contributed by atoms with E-state index in [4.69, 9.17) is 0 Å². The lowest BCUT2D eigenvalue weighted by molar-refractivity contribution is -0.130. The molecule has 0 saturated carbocycles. The number of benzene rings is 1. The van der Waals surface area contributed by atoms with E-state index in [1.807, 2.05) is 44.2 Å². The van der Waals surface area contributed by atoms with E-state index >= 15 is 0 Å². The van der Waals surface area contributed by atoms with Crippen LogP contribution in [0.2, 0.25) is 0 Å². The maximum absolute atomic E-state index is 11.9. The second-order valence-corrected chi connectivity index (χ2v) is 4.52. The fraction of sp³-hybridized carbons (Fsp3) is 0.467. The number of hydrogen-bond acceptors (Lipinski definition) is 3. The van der Waals surface area contributed by atoms with Crippen LogP contribution in [0.5, 0.6) is 0 Å². The molecule has 1 aromatic rings. The molecule has 0 spiro atoms. The molecule has 20 heavy (non-hydrogen) atoms. The Bertz CT molecular complexity index is 430. The van der Waals surface area contributed by atoms with Crippen molar-refractivity contribution in [1.29, 1.82) is 0 Å². The maximum atomic E-state index is 11.9. The summed E-state index contributed by atoms with van der Waals surface area (Å²) in [6.45, 7) is 7.15. The lowest BCUT2D eigenvalue weighted by Crippen LogP contribution is -2.44. The van der Waals surface area contributed by atoms with Gasteiger partial charge in [0.2, 0.25) is 11.8 Å². The van der Waals surface area contributed by atoms with Crippen LogP contribution < -0.4 is 10.6 Å². The third-order valence-corrected chi connectivity index (χ3v) is 3.11. The van der Waals surface area contributed by atoms with Crippen LogP contribution in [0.15, 0.2) is 30.3 Å². The van der Waals surface area contributed by atoms with Gasteiger partial charge in [0.15, 0.2) is 0 Å². The minimum atomic E-state index is -0.422. The third-order valence-electron chi connectivity index (χ3n) is 3.11. The number of nitrogens with one attached hydrogen (secondary N) is 2. The van der Waals surface area contributed by atoms with Crippen molar-refractivity contribution in [1.82, 2.24) is 10.2 Å². The number of likely N-dealkylation sites (N-methyl/N-ethyl adjacent to an activating group) is 1. The van der Waals surface area contributed by atoms with E-state index in [2.05, 4.69) is 10.6 Å². The number of hydrogen-bond donors (Lipinski definition) is 2. The minimum Gasteiger partial charge on any atom is -0.342 e. The zero-order valence-corrected chi connectivity index (χ0v) is 12.3. The molecule has 2 amide bonds. The first-order valence-corrected chi connectivity index (χ1v) is 6.95. The highest BCUT2D eigenvalue weighted by atomic mass is 16.2. The summed E-state index contributed by atoms with van der Waals surface area (Å²) in [6, 6.07) is 8.84.